The molecule has 5 atom stereocenters. The van der Waals surface area contributed by atoms with Gasteiger partial charge in [0.15, 0.2) is 0 Å². The molecular weight excluding hydrogens is 942 g/mol. The molecule has 5 aromatic rings. The first-order valence-corrected chi connectivity index (χ1v) is 26.3. The van der Waals surface area contributed by atoms with E-state index in [1.165, 1.54) is 30.9 Å². The predicted molar refractivity (Wildman–Crippen MR) is 275 cm³/mol. The van der Waals surface area contributed by atoms with E-state index >= 15 is 13.2 Å². The third kappa shape index (κ3) is 12.5. The van der Waals surface area contributed by atoms with Gasteiger partial charge in [0.1, 0.15) is 35.1 Å². The zero-order chi connectivity index (χ0) is 51.5. The Hall–Kier alpha value is -5.33. The molecule has 5 heterocycles. The van der Waals surface area contributed by atoms with Gasteiger partial charge in [-0.15, -0.1) is 11.3 Å². The molecule has 0 radical (unpaired) electrons. The summed E-state index contributed by atoms with van der Waals surface area (Å²) in [6.07, 6.45) is 1.36. The molecule has 3 aromatic carbocycles. The molecule has 3 aliphatic heterocycles. The van der Waals surface area contributed by atoms with E-state index in [1.54, 1.807) is 11.3 Å². The minimum Gasteiger partial charge on any atom is -0.493 e. The number of aliphatic hydroxyl groups is 1. The number of thiazole rings is 1. The maximum atomic E-state index is 16.2. The van der Waals surface area contributed by atoms with Gasteiger partial charge in [0.25, 0.3) is 0 Å². The fourth-order valence-electron chi connectivity index (χ4n) is 10.6. The molecule has 0 unspecified atom stereocenters. The van der Waals surface area contributed by atoms with Crippen LogP contribution in [0.15, 0.2) is 66.2 Å². The van der Waals surface area contributed by atoms with Crippen molar-refractivity contribution in [3.05, 3.63) is 106 Å². The van der Waals surface area contributed by atoms with Crippen LogP contribution < -0.4 is 15.4 Å². The molecule has 3 amide bonds. The molecule has 3 aliphatic rings. The maximum absolute atomic E-state index is 16.2. The number of para-hydroxylation sites is 1. The minimum atomic E-state index is -1.59. The van der Waals surface area contributed by atoms with Gasteiger partial charge in [-0.3, -0.25) is 19.3 Å². The Morgan fingerprint density at radius 1 is 0.958 bits per heavy atom. The van der Waals surface area contributed by atoms with Crippen LogP contribution in [0, 0.1) is 24.0 Å². The van der Waals surface area contributed by atoms with Gasteiger partial charge in [0, 0.05) is 106 Å². The lowest BCUT2D eigenvalue weighted by Gasteiger charge is -2.43. The largest absolute Gasteiger partial charge is 0.493 e. The van der Waals surface area contributed by atoms with Crippen LogP contribution in [0.1, 0.15) is 101 Å². The number of amides is 3. The Morgan fingerprint density at radius 2 is 1.62 bits per heavy atom. The van der Waals surface area contributed by atoms with Crippen molar-refractivity contribution in [3.8, 4) is 16.2 Å². The molecule has 0 spiro atoms. The number of rotatable bonds is 18. The number of aliphatic hydroxyl groups excluding tert-OH is 1. The number of aromatic nitrogens is 2. The molecule has 2 aromatic heterocycles. The highest BCUT2D eigenvalue weighted by molar-refractivity contribution is 7.13. The van der Waals surface area contributed by atoms with Crippen LogP contribution in [-0.2, 0) is 27.3 Å². The fraction of sp³-hybridized carbons (Fsp3) is 0.527. The first-order chi connectivity index (χ1) is 34.2. The number of ether oxygens (including phenoxy) is 1. The lowest BCUT2D eigenvalue weighted by Crippen LogP contribution is -2.57. The fourth-order valence-corrected chi connectivity index (χ4v) is 11.4. The number of hydrogen-bond acceptors (Lipinski definition) is 10. The van der Waals surface area contributed by atoms with Gasteiger partial charge in [0.05, 0.1) is 34.8 Å². The number of nitrogens with zero attached hydrogens (tertiary/aromatic N) is 5. The second-order valence-corrected chi connectivity index (χ2v) is 22.5. The van der Waals surface area contributed by atoms with Crippen molar-refractivity contribution in [2.45, 2.75) is 123 Å². The molecule has 4 N–H and O–H groups in total. The Kier molecular flexibility index (Phi) is 16.5. The Bertz CT molecular complexity index is 2670. The summed E-state index contributed by atoms with van der Waals surface area (Å²) in [5, 5.41) is 17.6. The number of benzene rings is 3. The van der Waals surface area contributed by atoms with Crippen LogP contribution in [0.3, 0.4) is 0 Å². The summed E-state index contributed by atoms with van der Waals surface area (Å²) in [5.74, 6) is -2.35. The number of piperazine rings is 1. The monoisotopic (exact) mass is 1010 g/mol. The molecule has 13 nitrogen and oxygen atoms in total. The van der Waals surface area contributed by atoms with E-state index in [0.29, 0.717) is 31.5 Å². The van der Waals surface area contributed by atoms with Crippen molar-refractivity contribution in [1.29, 1.82) is 0 Å². The molecule has 2 fully saturated rings. The average molecular weight is 1010 g/mol. The van der Waals surface area contributed by atoms with E-state index in [2.05, 4.69) is 30.4 Å². The number of β-amino-alcohol motifs (C(OH)–C–C–N with tert-alkyl or cyclic N) is 1. The summed E-state index contributed by atoms with van der Waals surface area (Å²) in [7, 11) is 0. The number of nitrogens with one attached hydrogen (secondary N) is 3. The van der Waals surface area contributed by atoms with Crippen molar-refractivity contribution in [2.24, 2.45) is 5.41 Å². The van der Waals surface area contributed by atoms with Gasteiger partial charge >= 0.3 is 0 Å². The molecule has 0 aliphatic carbocycles. The van der Waals surface area contributed by atoms with Crippen molar-refractivity contribution in [1.82, 2.24) is 40.2 Å². The lowest BCUT2D eigenvalue weighted by atomic mass is 9.85. The van der Waals surface area contributed by atoms with Gasteiger partial charge in [-0.2, -0.15) is 0 Å². The summed E-state index contributed by atoms with van der Waals surface area (Å²) in [6.45, 7) is 17.8. The van der Waals surface area contributed by atoms with Crippen molar-refractivity contribution < 1.29 is 37.4 Å². The molecule has 2 saturated heterocycles. The SMILES string of the molecule is Cc1ncsc1-c1ccc(CNC(=O)[C@@H]2C[C@@H](O)CN2C(=O)[C@@H](NC(=O)CCCN2CCN(CCCOc3cc(F)c([C@@H]4c5[nH]c6ccccc6c5C[C@@H](C)N4CC(C)(C)F)c(F)c3)CC2)C(C)(C)C)cc1. The van der Waals surface area contributed by atoms with Crippen LogP contribution in [0.5, 0.6) is 5.75 Å². The number of carbonyl (C=O) groups is 3. The second-order valence-electron chi connectivity index (χ2n) is 21.6. The molecule has 0 bridgehead atoms. The molecular formula is C55H71F3N8O5S. The number of fused-ring (bicyclic) bond motifs is 3. The van der Waals surface area contributed by atoms with Crippen molar-refractivity contribution >= 4 is 40.0 Å². The van der Waals surface area contributed by atoms with E-state index in [1.807, 2.05) is 93.6 Å². The number of hydrogen-bond donors (Lipinski definition) is 4. The number of aromatic amines is 1. The van der Waals surface area contributed by atoms with Crippen LogP contribution in [0.4, 0.5) is 13.2 Å². The molecule has 8 rings (SSSR count). The second kappa shape index (κ2) is 22.4. The number of halogens is 3. The molecule has 17 heteroatoms. The molecule has 72 heavy (non-hydrogen) atoms. The van der Waals surface area contributed by atoms with E-state index in [-0.39, 0.29) is 68.3 Å². The van der Waals surface area contributed by atoms with Crippen LogP contribution >= 0.6 is 11.3 Å². The van der Waals surface area contributed by atoms with Gasteiger partial charge < -0.3 is 40.2 Å². The average Bonchev–Trinajstić information content (AvgIpc) is 4.05. The summed E-state index contributed by atoms with van der Waals surface area (Å²) >= 11 is 1.57. The smallest absolute Gasteiger partial charge is 0.246 e. The van der Waals surface area contributed by atoms with E-state index < -0.39 is 52.9 Å². The highest BCUT2D eigenvalue weighted by Gasteiger charge is 2.45. The first kappa shape index (κ1) is 53.0. The van der Waals surface area contributed by atoms with E-state index in [4.69, 9.17) is 4.74 Å². The summed E-state index contributed by atoms with van der Waals surface area (Å²) in [4.78, 5) is 57.8. The summed E-state index contributed by atoms with van der Waals surface area (Å²) in [5.41, 5.74) is 4.91. The Labute approximate surface area is 425 Å². The minimum absolute atomic E-state index is 0.00280. The highest BCUT2D eigenvalue weighted by atomic mass is 32.1. The molecule has 388 valence electrons. The third-order valence-corrected chi connectivity index (χ3v) is 15.3. The van der Waals surface area contributed by atoms with E-state index in [0.717, 1.165) is 70.9 Å². The standard InChI is InChI=1S/C55H71F3N8O5S/c1-34-26-41-40-12-8-9-13-44(40)61-48(41)49(66(34)32-55(6,7)58)47-42(56)28-39(29-43(47)57)71-25-11-20-64-23-21-63(22-24-64)19-10-14-46(68)62-51(54(3,4)5)53(70)65-31-38(67)27-45(65)52(69)59-30-36-15-17-37(18-16-36)50-35(2)60-33-72-50/h8-9,12-13,15-18,28-29,33-34,38,45,49,51,61,67H,10-11,14,19-27,30-32H2,1-7H3,(H,59,69)(H,62,68)/t34-,38-,45+,49-,51-/m1/s1. The number of likely N-dealkylation sites (tertiary alicyclic amines) is 1. The zero-order valence-electron chi connectivity index (χ0n) is 42.7. The maximum Gasteiger partial charge on any atom is 0.246 e. The number of aryl methyl sites for hydroxylation is 1. The topological polar surface area (TPSA) is 146 Å². The van der Waals surface area contributed by atoms with Crippen LogP contribution in [0.25, 0.3) is 21.3 Å². The Morgan fingerprint density at radius 3 is 2.26 bits per heavy atom. The van der Waals surface area contributed by atoms with Crippen LogP contribution in [-0.4, -0.2) is 141 Å². The Balaban J connectivity index is 0.768. The number of carbonyl (C=O) groups excluding carboxylic acids is 3. The van der Waals surface area contributed by atoms with Gasteiger partial charge in [-0.25, -0.2) is 18.2 Å². The molecule has 0 saturated carbocycles. The van der Waals surface area contributed by atoms with Gasteiger partial charge in [0.2, 0.25) is 17.7 Å². The number of alkyl halides is 1. The first-order valence-electron chi connectivity index (χ1n) is 25.4. The number of H-pyrrole nitrogens is 1. The zero-order valence-corrected chi connectivity index (χ0v) is 43.5. The predicted octanol–water partition coefficient (Wildman–Crippen LogP) is 7.94. The lowest BCUT2D eigenvalue weighted by molar-refractivity contribution is -0.144. The van der Waals surface area contributed by atoms with Crippen molar-refractivity contribution in [2.75, 3.05) is 59.0 Å². The van der Waals surface area contributed by atoms with Crippen molar-refractivity contribution in [3.63, 3.8) is 0 Å². The summed E-state index contributed by atoms with van der Waals surface area (Å²) in [6, 6.07) is 15.4. The normalized spacial score (nSPS) is 20.7. The van der Waals surface area contributed by atoms with Gasteiger partial charge in [-0.05, 0) is 81.7 Å². The highest BCUT2D eigenvalue weighted by Crippen LogP contribution is 2.44. The third-order valence-electron chi connectivity index (χ3n) is 14.3. The summed E-state index contributed by atoms with van der Waals surface area (Å²) < 4.78 is 53.5. The van der Waals surface area contributed by atoms with E-state index in [9.17, 15) is 19.5 Å². The quantitative estimate of drug-likeness (QED) is 0.0643. The van der Waals surface area contributed by atoms with Gasteiger partial charge in [-0.1, -0.05) is 63.2 Å². The van der Waals surface area contributed by atoms with Crippen LogP contribution in [0.2, 0.25) is 0 Å².